The number of nitrogens with zero attached hydrogens (tertiary/aromatic N) is 4. The molecule has 0 radical (unpaired) electrons. The smallest absolute Gasteiger partial charge is 0.235 e. The Morgan fingerprint density at radius 1 is 0.274 bits per heavy atom. The van der Waals surface area contributed by atoms with E-state index in [0.29, 0.717) is 5.95 Å². The van der Waals surface area contributed by atoms with Crippen molar-refractivity contribution in [2.45, 2.75) is 0 Å². The summed E-state index contributed by atoms with van der Waals surface area (Å²) in [5.74, 6) is 0.641. The Kier molecular flexibility index (Phi) is 9.49. The summed E-state index contributed by atoms with van der Waals surface area (Å²) < 4.78 is 2.21. The van der Waals surface area contributed by atoms with Crippen molar-refractivity contribution in [3.05, 3.63) is 243 Å². The lowest BCUT2D eigenvalue weighted by Gasteiger charge is -2.26. The monoisotopic (exact) mass is 792 g/mol. The van der Waals surface area contributed by atoms with Crippen LogP contribution in [-0.4, -0.2) is 14.5 Å². The van der Waals surface area contributed by atoms with Crippen molar-refractivity contribution >= 4 is 38.9 Å². The van der Waals surface area contributed by atoms with Gasteiger partial charge in [0.2, 0.25) is 5.95 Å². The molecule has 0 unspecified atom stereocenters. The summed E-state index contributed by atoms with van der Waals surface area (Å²) in [7, 11) is 0. The van der Waals surface area contributed by atoms with Gasteiger partial charge < -0.3 is 4.90 Å². The SMILES string of the molecule is c1ccc(-c2ccc(N(c3ccc(-c4ccccc4)cc3)c3ccc(-c4ccc5c(c4)c4ccccc4n5-c4nc(-c5ccccc5)cc(-c5ccccc5)n4)cc3)cc2)cc1. The third-order valence-corrected chi connectivity index (χ3v) is 11.7. The van der Waals surface area contributed by atoms with Crippen molar-refractivity contribution in [2.24, 2.45) is 0 Å². The molecule has 0 fully saturated rings. The van der Waals surface area contributed by atoms with E-state index in [9.17, 15) is 0 Å². The lowest BCUT2D eigenvalue weighted by molar-refractivity contribution is 0.995. The molecule has 0 aliphatic carbocycles. The van der Waals surface area contributed by atoms with Crippen LogP contribution in [0.25, 0.3) is 83.6 Å². The van der Waals surface area contributed by atoms with Gasteiger partial charge in [0.25, 0.3) is 0 Å². The fourth-order valence-corrected chi connectivity index (χ4v) is 8.53. The van der Waals surface area contributed by atoms with E-state index in [4.69, 9.17) is 9.97 Å². The number of hydrogen-bond donors (Lipinski definition) is 0. The number of benzene rings is 9. The van der Waals surface area contributed by atoms with E-state index in [1.165, 1.54) is 22.3 Å². The molecule has 2 aromatic heterocycles. The average Bonchev–Trinajstić information content (AvgIpc) is 3.69. The van der Waals surface area contributed by atoms with Gasteiger partial charge in [0, 0.05) is 39.0 Å². The summed E-state index contributed by atoms with van der Waals surface area (Å²) in [6.45, 7) is 0. The molecule has 0 amide bonds. The standard InChI is InChI=1S/C58H40N4/c1-5-15-41(16-6-1)43-25-32-49(33-26-43)61(50-34-27-44(28-35-50)42-17-7-2-8-18-42)51-36-29-45(30-37-51)48-31-38-57-53(39-48)52-23-13-14-24-56(52)62(57)58-59-54(46-19-9-3-10-20-46)40-55(60-58)47-21-11-4-12-22-47/h1-40H. The molecule has 62 heavy (non-hydrogen) atoms. The summed E-state index contributed by atoms with van der Waals surface area (Å²) >= 11 is 0. The highest BCUT2D eigenvalue weighted by atomic mass is 15.2. The van der Waals surface area contributed by atoms with Gasteiger partial charge in [-0.05, 0) is 94.0 Å². The Morgan fingerprint density at radius 3 is 1.10 bits per heavy atom. The number of anilines is 3. The molecule has 4 heteroatoms. The van der Waals surface area contributed by atoms with Crippen LogP contribution < -0.4 is 4.90 Å². The molecular formula is C58H40N4. The van der Waals surface area contributed by atoms with Crippen molar-refractivity contribution in [3.63, 3.8) is 0 Å². The minimum Gasteiger partial charge on any atom is -0.311 e. The first-order chi connectivity index (χ1) is 30.7. The number of para-hydroxylation sites is 1. The molecule has 11 aromatic rings. The molecular weight excluding hydrogens is 753 g/mol. The zero-order chi connectivity index (χ0) is 41.2. The van der Waals surface area contributed by atoms with E-state index in [-0.39, 0.29) is 0 Å². The molecule has 4 nitrogen and oxygen atoms in total. The van der Waals surface area contributed by atoms with Crippen LogP contribution in [0.15, 0.2) is 243 Å². The number of rotatable bonds is 9. The normalized spacial score (nSPS) is 11.2. The molecule has 0 bridgehead atoms. The van der Waals surface area contributed by atoms with Crippen molar-refractivity contribution in [1.29, 1.82) is 0 Å². The fraction of sp³-hybridized carbons (Fsp3) is 0. The first-order valence-corrected chi connectivity index (χ1v) is 21.0. The quantitative estimate of drug-likeness (QED) is 0.146. The zero-order valence-corrected chi connectivity index (χ0v) is 33.9. The van der Waals surface area contributed by atoms with Gasteiger partial charge in [-0.1, -0.05) is 182 Å². The van der Waals surface area contributed by atoms with Crippen LogP contribution in [0.4, 0.5) is 17.1 Å². The maximum atomic E-state index is 5.22. The van der Waals surface area contributed by atoms with Crippen LogP contribution in [0.2, 0.25) is 0 Å². The Morgan fingerprint density at radius 2 is 0.629 bits per heavy atom. The van der Waals surface area contributed by atoms with Crippen molar-refractivity contribution in [2.75, 3.05) is 4.90 Å². The maximum Gasteiger partial charge on any atom is 0.235 e. The average molecular weight is 793 g/mol. The summed E-state index contributed by atoms with van der Waals surface area (Å²) in [5.41, 5.74) is 16.3. The van der Waals surface area contributed by atoms with Crippen LogP contribution in [-0.2, 0) is 0 Å². The predicted octanol–water partition coefficient (Wildman–Crippen LogP) is 15.4. The molecule has 0 saturated carbocycles. The summed E-state index contributed by atoms with van der Waals surface area (Å²) in [5, 5.41) is 2.30. The molecule has 0 N–H and O–H groups in total. The second kappa shape index (κ2) is 16.0. The first-order valence-electron chi connectivity index (χ1n) is 21.0. The van der Waals surface area contributed by atoms with E-state index in [2.05, 4.69) is 240 Å². The number of hydrogen-bond acceptors (Lipinski definition) is 3. The summed E-state index contributed by atoms with van der Waals surface area (Å²) in [6, 6.07) is 85.8. The maximum absolute atomic E-state index is 5.22. The highest BCUT2D eigenvalue weighted by Crippen LogP contribution is 2.39. The Labute approximate surface area is 361 Å². The first kappa shape index (κ1) is 36.7. The van der Waals surface area contributed by atoms with E-state index in [1.54, 1.807) is 0 Å². The van der Waals surface area contributed by atoms with Crippen LogP contribution in [0.5, 0.6) is 0 Å². The van der Waals surface area contributed by atoms with Crippen LogP contribution in [0.3, 0.4) is 0 Å². The van der Waals surface area contributed by atoms with E-state index >= 15 is 0 Å². The molecule has 0 saturated heterocycles. The lowest BCUT2D eigenvalue weighted by atomic mass is 10.0. The van der Waals surface area contributed by atoms with Gasteiger partial charge in [-0.15, -0.1) is 0 Å². The van der Waals surface area contributed by atoms with Gasteiger partial charge in [0.15, 0.2) is 0 Å². The highest BCUT2D eigenvalue weighted by molar-refractivity contribution is 6.10. The van der Waals surface area contributed by atoms with Gasteiger partial charge >= 0.3 is 0 Å². The van der Waals surface area contributed by atoms with Crippen LogP contribution in [0, 0.1) is 0 Å². The lowest BCUT2D eigenvalue weighted by Crippen LogP contribution is -2.09. The minimum atomic E-state index is 0.641. The highest BCUT2D eigenvalue weighted by Gasteiger charge is 2.19. The second-order valence-electron chi connectivity index (χ2n) is 15.5. The third-order valence-electron chi connectivity index (χ3n) is 11.7. The molecule has 0 atom stereocenters. The van der Waals surface area contributed by atoms with E-state index in [0.717, 1.165) is 72.5 Å². The molecule has 292 valence electrons. The Hall–Kier alpha value is -8.34. The number of aromatic nitrogens is 3. The number of fused-ring (bicyclic) bond motifs is 3. The molecule has 9 aromatic carbocycles. The van der Waals surface area contributed by atoms with Gasteiger partial charge in [-0.25, -0.2) is 9.97 Å². The molecule has 11 rings (SSSR count). The molecule has 0 aliphatic heterocycles. The van der Waals surface area contributed by atoms with Crippen LogP contribution >= 0.6 is 0 Å². The van der Waals surface area contributed by atoms with Gasteiger partial charge in [0.05, 0.1) is 22.4 Å². The molecule has 0 aliphatic rings. The zero-order valence-electron chi connectivity index (χ0n) is 33.9. The summed E-state index contributed by atoms with van der Waals surface area (Å²) in [4.78, 5) is 12.8. The Balaban J connectivity index is 0.985. The van der Waals surface area contributed by atoms with Crippen molar-refractivity contribution in [1.82, 2.24) is 14.5 Å². The van der Waals surface area contributed by atoms with Gasteiger partial charge in [0.1, 0.15) is 0 Å². The van der Waals surface area contributed by atoms with Gasteiger partial charge in [-0.2, -0.15) is 0 Å². The van der Waals surface area contributed by atoms with Crippen LogP contribution in [0.1, 0.15) is 0 Å². The fourth-order valence-electron chi connectivity index (χ4n) is 8.53. The Bertz CT molecular complexity index is 3150. The minimum absolute atomic E-state index is 0.641. The predicted molar refractivity (Wildman–Crippen MR) is 258 cm³/mol. The largest absolute Gasteiger partial charge is 0.311 e. The van der Waals surface area contributed by atoms with Crippen molar-refractivity contribution in [3.8, 4) is 61.8 Å². The van der Waals surface area contributed by atoms with Gasteiger partial charge in [-0.3, -0.25) is 4.57 Å². The molecule has 0 spiro atoms. The van der Waals surface area contributed by atoms with Crippen molar-refractivity contribution < 1.29 is 0 Å². The van der Waals surface area contributed by atoms with E-state index < -0.39 is 0 Å². The topological polar surface area (TPSA) is 34.0 Å². The second-order valence-corrected chi connectivity index (χ2v) is 15.5. The summed E-state index contributed by atoms with van der Waals surface area (Å²) in [6.07, 6.45) is 0. The molecule has 2 heterocycles. The third kappa shape index (κ3) is 7.00. The van der Waals surface area contributed by atoms with E-state index in [1.807, 2.05) is 12.1 Å².